The number of Topliss-reactive ketones (excluding diaryl/α,β-unsaturated/α-hetero) is 2. The van der Waals surface area contributed by atoms with Crippen LogP contribution in [0.3, 0.4) is 0 Å². The summed E-state index contributed by atoms with van der Waals surface area (Å²) in [7, 11) is 0. The van der Waals surface area contributed by atoms with Crippen LogP contribution in [0.15, 0.2) is 36.5 Å². The second kappa shape index (κ2) is 6.35. The molecule has 0 unspecified atom stereocenters. The quantitative estimate of drug-likeness (QED) is 0.529. The van der Waals surface area contributed by atoms with E-state index < -0.39 is 11.6 Å². The fourth-order valence-corrected chi connectivity index (χ4v) is 2.31. The maximum Gasteiger partial charge on any atom is 0.269 e. The maximum absolute atomic E-state index is 12.1. The van der Waals surface area contributed by atoms with Gasteiger partial charge in [-0.1, -0.05) is 29.8 Å². The molecule has 0 amide bonds. The normalized spacial score (nSPS) is 10.7. The van der Waals surface area contributed by atoms with Crippen molar-refractivity contribution in [1.29, 1.82) is 0 Å². The summed E-state index contributed by atoms with van der Waals surface area (Å²) in [5, 5.41) is 12.5. The second-order valence-electron chi connectivity index (χ2n) is 5.31. The molecule has 0 aliphatic carbocycles. The van der Waals surface area contributed by atoms with Crippen molar-refractivity contribution in [1.82, 2.24) is 25.6 Å². The van der Waals surface area contributed by atoms with Crippen LogP contribution in [0.5, 0.6) is 0 Å². The highest BCUT2D eigenvalue weighted by Crippen LogP contribution is 2.15. The van der Waals surface area contributed by atoms with Crippen molar-refractivity contribution in [3.8, 4) is 0 Å². The van der Waals surface area contributed by atoms with Gasteiger partial charge in [-0.05, 0) is 29.3 Å². The molecule has 116 valence electrons. The Bertz CT molecular complexity index is 819. The number of hydrogen-bond donors (Lipinski definition) is 2. The summed E-state index contributed by atoms with van der Waals surface area (Å²) < 4.78 is 0. The Balaban J connectivity index is 1.72. The lowest BCUT2D eigenvalue weighted by molar-refractivity contribution is -0.114. The highest BCUT2D eigenvalue weighted by molar-refractivity contribution is 6.43. The summed E-state index contributed by atoms with van der Waals surface area (Å²) >= 11 is 0. The van der Waals surface area contributed by atoms with Crippen LogP contribution in [0.25, 0.3) is 0 Å². The molecule has 0 atom stereocenters. The topological polar surface area (TPSA) is 104 Å². The Morgan fingerprint density at radius 2 is 1.91 bits per heavy atom. The van der Waals surface area contributed by atoms with E-state index in [2.05, 4.69) is 25.6 Å². The number of carbonyl (C=O) groups is 2. The van der Waals surface area contributed by atoms with Gasteiger partial charge in [-0.3, -0.25) is 9.59 Å². The second-order valence-corrected chi connectivity index (χ2v) is 5.31. The van der Waals surface area contributed by atoms with Gasteiger partial charge in [0.25, 0.3) is 5.78 Å². The highest BCUT2D eigenvalue weighted by Gasteiger charge is 2.22. The molecule has 0 aliphatic rings. The van der Waals surface area contributed by atoms with Crippen LogP contribution < -0.4 is 0 Å². The Hall–Kier alpha value is -3.09. The van der Waals surface area contributed by atoms with E-state index in [0.717, 1.165) is 16.8 Å². The van der Waals surface area contributed by atoms with Crippen LogP contribution in [0.4, 0.5) is 0 Å². The van der Waals surface area contributed by atoms with Gasteiger partial charge in [0.05, 0.1) is 0 Å². The first-order valence-corrected chi connectivity index (χ1v) is 7.15. The third kappa shape index (κ3) is 3.39. The third-order valence-corrected chi connectivity index (χ3v) is 3.58. The Labute approximate surface area is 132 Å². The molecule has 3 aromatic rings. The number of rotatable bonds is 6. The molecule has 0 spiro atoms. The molecule has 23 heavy (non-hydrogen) atoms. The minimum atomic E-state index is -0.735. The summed E-state index contributed by atoms with van der Waals surface area (Å²) in [6, 6.07) is 10.00. The summed E-state index contributed by atoms with van der Waals surface area (Å²) in [6.45, 7) is 2.03. The van der Waals surface area contributed by atoms with Gasteiger partial charge >= 0.3 is 0 Å². The molecule has 1 aromatic carbocycles. The van der Waals surface area contributed by atoms with Crippen LogP contribution in [-0.4, -0.2) is 37.2 Å². The largest absolute Gasteiger partial charge is 0.364 e. The molecular weight excluding hydrogens is 294 g/mol. The number of aromatic amines is 2. The average molecular weight is 309 g/mol. The molecule has 0 aliphatic heterocycles. The molecule has 7 heteroatoms. The minimum Gasteiger partial charge on any atom is -0.364 e. The zero-order chi connectivity index (χ0) is 16.2. The van der Waals surface area contributed by atoms with E-state index in [9.17, 15) is 9.59 Å². The van der Waals surface area contributed by atoms with Crippen molar-refractivity contribution in [2.45, 2.75) is 19.8 Å². The molecule has 0 radical (unpaired) electrons. The lowest BCUT2D eigenvalue weighted by Gasteiger charge is -2.04. The molecule has 0 fully saturated rings. The van der Waals surface area contributed by atoms with Gasteiger partial charge in [0.15, 0.2) is 0 Å². The highest BCUT2D eigenvalue weighted by atomic mass is 16.2. The number of nitrogens with one attached hydrogen (secondary N) is 2. The van der Waals surface area contributed by atoms with E-state index in [1.165, 1.54) is 5.56 Å². The van der Waals surface area contributed by atoms with Crippen LogP contribution in [0.1, 0.15) is 33.0 Å². The van der Waals surface area contributed by atoms with E-state index in [0.29, 0.717) is 6.42 Å². The summed E-state index contributed by atoms with van der Waals surface area (Å²) in [6.07, 6.45) is 2.45. The van der Waals surface area contributed by atoms with Gasteiger partial charge < -0.3 is 4.98 Å². The zero-order valence-electron chi connectivity index (χ0n) is 12.5. The summed E-state index contributed by atoms with van der Waals surface area (Å²) in [5.74, 6) is -1.50. The monoisotopic (exact) mass is 309 g/mol. The SMILES string of the molecule is Cc1ccc(Cc2[nH]ccc2CC(=O)C(=O)c2nn[nH]n2)cc1. The number of aromatic nitrogens is 5. The Morgan fingerprint density at radius 3 is 2.61 bits per heavy atom. The first-order valence-electron chi connectivity index (χ1n) is 7.15. The van der Waals surface area contributed by atoms with E-state index >= 15 is 0 Å². The number of tetrazole rings is 1. The lowest BCUT2D eigenvalue weighted by atomic mass is 10.0. The van der Waals surface area contributed by atoms with Gasteiger partial charge in [-0.25, -0.2) is 0 Å². The third-order valence-electron chi connectivity index (χ3n) is 3.58. The van der Waals surface area contributed by atoms with Crippen LogP contribution in [-0.2, 0) is 17.6 Å². The fraction of sp³-hybridized carbons (Fsp3) is 0.188. The minimum absolute atomic E-state index is 0.0120. The maximum atomic E-state index is 12.1. The average Bonchev–Trinajstić information content (AvgIpc) is 3.21. The lowest BCUT2D eigenvalue weighted by Crippen LogP contribution is -2.18. The molecule has 2 aromatic heterocycles. The van der Waals surface area contributed by atoms with E-state index in [1.54, 1.807) is 6.20 Å². The van der Waals surface area contributed by atoms with Crippen molar-refractivity contribution in [2.75, 3.05) is 0 Å². The number of aryl methyl sites for hydroxylation is 1. The van der Waals surface area contributed by atoms with Crippen molar-refractivity contribution >= 4 is 11.6 Å². The predicted octanol–water partition coefficient (Wildman–Crippen LogP) is 1.42. The molecule has 3 rings (SSSR count). The number of H-pyrrole nitrogens is 2. The van der Waals surface area contributed by atoms with E-state index in [4.69, 9.17) is 0 Å². The smallest absolute Gasteiger partial charge is 0.269 e. The van der Waals surface area contributed by atoms with Crippen molar-refractivity contribution in [2.24, 2.45) is 0 Å². The van der Waals surface area contributed by atoms with Gasteiger partial charge in [0.1, 0.15) is 0 Å². The molecule has 0 saturated carbocycles. The summed E-state index contributed by atoms with van der Waals surface area (Å²) in [4.78, 5) is 27.1. The Morgan fingerprint density at radius 1 is 1.13 bits per heavy atom. The number of carbonyl (C=O) groups excluding carboxylic acids is 2. The number of nitrogens with zero attached hydrogens (tertiary/aromatic N) is 3. The first-order chi connectivity index (χ1) is 11.1. The fourth-order valence-electron chi connectivity index (χ4n) is 2.31. The van der Waals surface area contributed by atoms with E-state index in [1.807, 2.05) is 37.3 Å². The number of benzene rings is 1. The van der Waals surface area contributed by atoms with Crippen LogP contribution >= 0.6 is 0 Å². The molecule has 7 nitrogen and oxygen atoms in total. The first kappa shape index (κ1) is 14.8. The zero-order valence-corrected chi connectivity index (χ0v) is 12.5. The van der Waals surface area contributed by atoms with Gasteiger partial charge in [-0.2, -0.15) is 5.21 Å². The van der Waals surface area contributed by atoms with Crippen molar-refractivity contribution in [3.05, 3.63) is 64.7 Å². The molecule has 0 saturated heterocycles. The van der Waals surface area contributed by atoms with Crippen LogP contribution in [0, 0.1) is 6.92 Å². The molecule has 2 heterocycles. The van der Waals surface area contributed by atoms with Crippen molar-refractivity contribution < 1.29 is 9.59 Å². The number of ketones is 2. The van der Waals surface area contributed by atoms with E-state index in [-0.39, 0.29) is 12.2 Å². The standard InChI is InChI=1S/C16H15N5O2/c1-10-2-4-11(5-3-10)8-13-12(6-7-17-13)9-14(22)15(23)16-18-20-21-19-16/h2-7,17H,8-9H2,1H3,(H,18,19,20,21). The van der Waals surface area contributed by atoms with Crippen LogP contribution in [0.2, 0.25) is 0 Å². The van der Waals surface area contributed by atoms with Gasteiger partial charge in [-0.15, -0.1) is 10.2 Å². The predicted molar refractivity (Wildman–Crippen MR) is 82.0 cm³/mol. The van der Waals surface area contributed by atoms with Crippen molar-refractivity contribution in [3.63, 3.8) is 0 Å². The molecular formula is C16H15N5O2. The molecule has 0 bridgehead atoms. The Kier molecular flexibility index (Phi) is 4.09. The summed E-state index contributed by atoms with van der Waals surface area (Å²) in [5.41, 5.74) is 4.05. The van der Waals surface area contributed by atoms with Gasteiger partial charge in [0.2, 0.25) is 11.6 Å². The van der Waals surface area contributed by atoms with Gasteiger partial charge in [0, 0.05) is 24.7 Å². The molecule has 2 N–H and O–H groups in total. The number of hydrogen-bond acceptors (Lipinski definition) is 5.